The second-order valence-electron chi connectivity index (χ2n) is 4.22. The van der Waals surface area contributed by atoms with Crippen LogP contribution in [0.1, 0.15) is 15.9 Å². The number of hydrogen-bond donors (Lipinski definition) is 3. The standard InChI is InChI=1S/C14H13BrN2O2/c1-8-2-5-13(11(15)6-8)17-9-3-4-12(16)10(7-9)14(18)19/h2-7,17H,16H2,1H3,(H,18,19). The van der Waals surface area contributed by atoms with Crippen molar-refractivity contribution in [1.29, 1.82) is 0 Å². The first-order chi connectivity index (χ1) is 8.97. The highest BCUT2D eigenvalue weighted by Gasteiger charge is 2.09. The molecule has 0 unspecified atom stereocenters. The maximum Gasteiger partial charge on any atom is 0.337 e. The number of carbonyl (C=O) groups is 1. The van der Waals surface area contributed by atoms with Crippen LogP contribution in [0.2, 0.25) is 0 Å². The summed E-state index contributed by atoms with van der Waals surface area (Å²) in [7, 11) is 0. The Hall–Kier alpha value is -2.01. The zero-order chi connectivity index (χ0) is 14.0. The van der Waals surface area contributed by atoms with Crippen molar-refractivity contribution in [3.63, 3.8) is 0 Å². The molecule has 0 amide bonds. The summed E-state index contributed by atoms with van der Waals surface area (Å²) in [5, 5.41) is 12.2. The number of carboxylic acids is 1. The minimum Gasteiger partial charge on any atom is -0.478 e. The fourth-order valence-electron chi connectivity index (χ4n) is 1.70. The quantitative estimate of drug-likeness (QED) is 0.752. The van der Waals surface area contributed by atoms with Gasteiger partial charge in [-0.15, -0.1) is 0 Å². The summed E-state index contributed by atoms with van der Waals surface area (Å²) in [5.74, 6) is -1.04. The molecule has 98 valence electrons. The van der Waals surface area contributed by atoms with Crippen LogP contribution in [0.3, 0.4) is 0 Å². The van der Waals surface area contributed by atoms with Gasteiger partial charge in [-0.25, -0.2) is 4.79 Å². The molecule has 0 heterocycles. The summed E-state index contributed by atoms with van der Waals surface area (Å²) < 4.78 is 0.918. The van der Waals surface area contributed by atoms with E-state index in [0.717, 1.165) is 15.7 Å². The Balaban J connectivity index is 2.33. The van der Waals surface area contributed by atoms with Gasteiger partial charge in [0.1, 0.15) is 0 Å². The largest absolute Gasteiger partial charge is 0.478 e. The topological polar surface area (TPSA) is 75.3 Å². The molecule has 0 aliphatic rings. The van der Waals surface area contributed by atoms with Crippen molar-refractivity contribution < 1.29 is 9.90 Å². The number of carboxylic acid groups (broad SMARTS) is 1. The van der Waals surface area contributed by atoms with Crippen molar-refractivity contribution in [2.45, 2.75) is 6.92 Å². The van der Waals surface area contributed by atoms with E-state index in [0.29, 0.717) is 5.69 Å². The van der Waals surface area contributed by atoms with E-state index in [2.05, 4.69) is 21.2 Å². The van der Waals surface area contributed by atoms with Crippen LogP contribution in [-0.4, -0.2) is 11.1 Å². The van der Waals surface area contributed by atoms with Gasteiger partial charge in [-0.05, 0) is 58.7 Å². The van der Waals surface area contributed by atoms with Gasteiger partial charge in [0, 0.05) is 15.8 Å². The Morgan fingerprint density at radius 2 is 2.00 bits per heavy atom. The van der Waals surface area contributed by atoms with Crippen molar-refractivity contribution in [3.05, 3.63) is 52.0 Å². The van der Waals surface area contributed by atoms with Crippen molar-refractivity contribution in [3.8, 4) is 0 Å². The van der Waals surface area contributed by atoms with Gasteiger partial charge in [0.05, 0.1) is 11.3 Å². The summed E-state index contributed by atoms with van der Waals surface area (Å²) in [6.07, 6.45) is 0. The highest BCUT2D eigenvalue weighted by atomic mass is 79.9. The summed E-state index contributed by atoms with van der Waals surface area (Å²) in [4.78, 5) is 11.0. The molecule has 19 heavy (non-hydrogen) atoms. The molecule has 0 spiro atoms. The lowest BCUT2D eigenvalue weighted by Gasteiger charge is -2.11. The van der Waals surface area contributed by atoms with E-state index in [1.165, 1.54) is 6.07 Å². The van der Waals surface area contributed by atoms with E-state index in [1.54, 1.807) is 12.1 Å². The molecule has 0 aliphatic carbocycles. The van der Waals surface area contributed by atoms with Gasteiger partial charge in [0.2, 0.25) is 0 Å². The van der Waals surface area contributed by atoms with Gasteiger partial charge < -0.3 is 16.2 Å². The lowest BCUT2D eigenvalue weighted by Crippen LogP contribution is -2.03. The van der Waals surface area contributed by atoms with Crippen LogP contribution in [0.5, 0.6) is 0 Å². The minimum absolute atomic E-state index is 0.0910. The number of nitrogens with one attached hydrogen (secondary N) is 1. The SMILES string of the molecule is Cc1ccc(Nc2ccc(N)c(C(=O)O)c2)c(Br)c1. The van der Waals surface area contributed by atoms with Gasteiger partial charge in [0.25, 0.3) is 0 Å². The molecule has 2 rings (SSSR count). The first kappa shape index (κ1) is 13.4. The molecule has 0 fully saturated rings. The van der Waals surface area contributed by atoms with E-state index in [9.17, 15) is 4.79 Å². The zero-order valence-corrected chi connectivity index (χ0v) is 11.9. The summed E-state index contributed by atoms with van der Waals surface area (Å²) in [6, 6.07) is 10.7. The maximum atomic E-state index is 11.0. The lowest BCUT2D eigenvalue weighted by atomic mass is 10.1. The van der Waals surface area contributed by atoms with E-state index in [-0.39, 0.29) is 11.3 Å². The number of anilines is 3. The monoisotopic (exact) mass is 320 g/mol. The molecule has 0 atom stereocenters. The molecule has 2 aromatic carbocycles. The third-order valence-corrected chi connectivity index (χ3v) is 3.34. The number of aromatic carboxylic acids is 1. The number of rotatable bonds is 3. The molecule has 0 aliphatic heterocycles. The molecular formula is C14H13BrN2O2. The molecule has 4 nitrogen and oxygen atoms in total. The fraction of sp³-hybridized carbons (Fsp3) is 0.0714. The number of hydrogen-bond acceptors (Lipinski definition) is 3. The van der Waals surface area contributed by atoms with Gasteiger partial charge in [0.15, 0.2) is 0 Å². The zero-order valence-electron chi connectivity index (χ0n) is 10.3. The molecule has 0 saturated carbocycles. The molecule has 0 aromatic heterocycles. The molecule has 5 heteroatoms. The highest BCUT2D eigenvalue weighted by Crippen LogP contribution is 2.28. The predicted molar refractivity (Wildman–Crippen MR) is 80.0 cm³/mol. The van der Waals surface area contributed by atoms with Gasteiger partial charge in [-0.1, -0.05) is 6.07 Å². The average Bonchev–Trinajstić information content (AvgIpc) is 2.34. The number of aryl methyl sites for hydroxylation is 1. The smallest absolute Gasteiger partial charge is 0.337 e. The van der Waals surface area contributed by atoms with Crippen LogP contribution in [0.25, 0.3) is 0 Å². The van der Waals surface area contributed by atoms with Crippen LogP contribution in [-0.2, 0) is 0 Å². The first-order valence-electron chi connectivity index (χ1n) is 5.63. The van der Waals surface area contributed by atoms with Crippen molar-refractivity contribution >= 4 is 39.0 Å². The number of nitrogens with two attached hydrogens (primary N) is 1. The molecule has 2 aromatic rings. The molecular weight excluding hydrogens is 308 g/mol. The maximum absolute atomic E-state index is 11.0. The Morgan fingerprint density at radius 3 is 2.63 bits per heavy atom. The van der Waals surface area contributed by atoms with Gasteiger partial charge in [-0.2, -0.15) is 0 Å². The average molecular weight is 321 g/mol. The highest BCUT2D eigenvalue weighted by molar-refractivity contribution is 9.10. The van der Waals surface area contributed by atoms with Gasteiger partial charge in [-0.3, -0.25) is 0 Å². The Kier molecular flexibility index (Phi) is 3.76. The number of nitrogen functional groups attached to an aromatic ring is 1. The normalized spacial score (nSPS) is 10.2. The predicted octanol–water partition coefficient (Wildman–Crippen LogP) is 3.78. The molecule has 0 bridgehead atoms. The van der Waals surface area contributed by atoms with E-state index < -0.39 is 5.97 Å². The summed E-state index contributed by atoms with van der Waals surface area (Å²) in [5.41, 5.74) is 8.64. The number of halogens is 1. The Bertz CT molecular complexity index is 641. The second kappa shape index (κ2) is 5.32. The second-order valence-corrected chi connectivity index (χ2v) is 5.07. The Labute approximate surface area is 119 Å². The Morgan fingerprint density at radius 1 is 1.26 bits per heavy atom. The molecule has 4 N–H and O–H groups in total. The van der Waals surface area contributed by atoms with Crippen LogP contribution < -0.4 is 11.1 Å². The van der Waals surface area contributed by atoms with Crippen molar-refractivity contribution in [2.24, 2.45) is 0 Å². The number of benzene rings is 2. The van der Waals surface area contributed by atoms with Crippen LogP contribution in [0, 0.1) is 6.92 Å². The van der Waals surface area contributed by atoms with Crippen LogP contribution >= 0.6 is 15.9 Å². The third kappa shape index (κ3) is 3.06. The lowest BCUT2D eigenvalue weighted by molar-refractivity contribution is 0.0698. The van der Waals surface area contributed by atoms with E-state index in [4.69, 9.17) is 10.8 Å². The van der Waals surface area contributed by atoms with Crippen LogP contribution in [0.4, 0.5) is 17.1 Å². The third-order valence-electron chi connectivity index (χ3n) is 2.69. The van der Waals surface area contributed by atoms with Crippen molar-refractivity contribution in [1.82, 2.24) is 0 Å². The fourth-order valence-corrected chi connectivity index (χ4v) is 2.29. The van der Waals surface area contributed by atoms with E-state index in [1.807, 2.05) is 25.1 Å². The summed E-state index contributed by atoms with van der Waals surface area (Å²) in [6.45, 7) is 2.00. The first-order valence-corrected chi connectivity index (χ1v) is 6.42. The summed E-state index contributed by atoms with van der Waals surface area (Å²) >= 11 is 3.46. The van der Waals surface area contributed by atoms with Gasteiger partial charge >= 0.3 is 5.97 Å². The minimum atomic E-state index is -1.04. The molecule has 0 radical (unpaired) electrons. The van der Waals surface area contributed by atoms with E-state index >= 15 is 0 Å². The molecule has 0 saturated heterocycles. The van der Waals surface area contributed by atoms with Crippen molar-refractivity contribution in [2.75, 3.05) is 11.1 Å². The van der Waals surface area contributed by atoms with Crippen LogP contribution in [0.15, 0.2) is 40.9 Å².